The van der Waals surface area contributed by atoms with Crippen LogP contribution in [-0.4, -0.2) is 32.9 Å². The molecule has 1 fully saturated rings. The first-order valence-electron chi connectivity index (χ1n) is 9.22. The number of aromatic nitrogens is 2. The van der Waals surface area contributed by atoms with Gasteiger partial charge in [0.2, 0.25) is 5.91 Å². The van der Waals surface area contributed by atoms with Crippen LogP contribution < -0.4 is 5.56 Å². The van der Waals surface area contributed by atoms with Crippen LogP contribution in [0.4, 0.5) is 4.39 Å². The zero-order valence-electron chi connectivity index (χ0n) is 14.7. The smallest absolute Gasteiger partial charge is 0.275 e. The van der Waals surface area contributed by atoms with E-state index in [0.717, 1.165) is 31.4 Å². The SMILES string of the molecule is O=C(CCCn1c(=O)c2cccn2c2ccc(F)cc21)N1CCCCC1. The highest BCUT2D eigenvalue weighted by Gasteiger charge is 2.17. The summed E-state index contributed by atoms with van der Waals surface area (Å²) in [5.74, 6) is -0.224. The van der Waals surface area contributed by atoms with Crippen molar-refractivity contribution in [2.45, 2.75) is 38.6 Å². The van der Waals surface area contributed by atoms with Crippen molar-refractivity contribution in [1.29, 1.82) is 0 Å². The Bertz CT molecular complexity index is 1010. The molecule has 2 aromatic heterocycles. The molecular formula is C20H22FN3O2. The Kier molecular flexibility index (Phi) is 4.49. The predicted octanol–water partition coefficient (Wildman–Crippen LogP) is 3.19. The van der Waals surface area contributed by atoms with E-state index >= 15 is 0 Å². The van der Waals surface area contributed by atoms with Gasteiger partial charge in [0.15, 0.2) is 0 Å². The minimum atomic E-state index is -0.374. The second-order valence-electron chi connectivity index (χ2n) is 6.90. The predicted molar refractivity (Wildman–Crippen MR) is 98.8 cm³/mol. The summed E-state index contributed by atoms with van der Waals surface area (Å²) in [5, 5.41) is 0. The van der Waals surface area contributed by atoms with E-state index in [-0.39, 0.29) is 17.3 Å². The Balaban J connectivity index is 1.60. The molecule has 4 rings (SSSR count). The van der Waals surface area contributed by atoms with E-state index in [0.29, 0.717) is 30.4 Å². The molecule has 0 aliphatic carbocycles. The van der Waals surface area contributed by atoms with Crippen LogP contribution in [0.15, 0.2) is 41.3 Å². The molecule has 0 atom stereocenters. The molecule has 0 saturated carbocycles. The molecule has 1 aliphatic rings. The van der Waals surface area contributed by atoms with Crippen molar-refractivity contribution in [1.82, 2.24) is 13.9 Å². The average molecular weight is 355 g/mol. The van der Waals surface area contributed by atoms with Gasteiger partial charge in [-0.25, -0.2) is 4.39 Å². The summed E-state index contributed by atoms with van der Waals surface area (Å²) in [6.45, 7) is 2.08. The Morgan fingerprint density at radius 1 is 1.04 bits per heavy atom. The van der Waals surface area contributed by atoms with Gasteiger partial charge < -0.3 is 13.9 Å². The summed E-state index contributed by atoms with van der Waals surface area (Å²) >= 11 is 0. The fraction of sp³-hybridized carbons (Fsp3) is 0.400. The maximum absolute atomic E-state index is 13.8. The lowest BCUT2D eigenvalue weighted by Crippen LogP contribution is -2.35. The monoisotopic (exact) mass is 355 g/mol. The molecule has 1 aromatic carbocycles. The third-order valence-corrected chi connectivity index (χ3v) is 5.18. The molecule has 1 saturated heterocycles. The molecule has 3 aromatic rings. The number of fused-ring (bicyclic) bond motifs is 3. The molecular weight excluding hydrogens is 333 g/mol. The van der Waals surface area contributed by atoms with Crippen molar-refractivity contribution in [2.24, 2.45) is 0 Å². The largest absolute Gasteiger partial charge is 0.343 e. The number of halogens is 1. The number of nitrogens with zero attached hydrogens (tertiary/aromatic N) is 3. The Hall–Kier alpha value is -2.63. The van der Waals surface area contributed by atoms with Gasteiger partial charge in [0.1, 0.15) is 11.3 Å². The molecule has 0 radical (unpaired) electrons. The second-order valence-corrected chi connectivity index (χ2v) is 6.90. The molecule has 3 heterocycles. The number of aryl methyl sites for hydroxylation is 1. The van der Waals surface area contributed by atoms with Crippen molar-refractivity contribution >= 4 is 22.5 Å². The minimum Gasteiger partial charge on any atom is -0.343 e. The van der Waals surface area contributed by atoms with Gasteiger partial charge in [0.25, 0.3) is 5.56 Å². The average Bonchev–Trinajstić information content (AvgIpc) is 3.15. The van der Waals surface area contributed by atoms with Crippen LogP contribution in [0.3, 0.4) is 0 Å². The van der Waals surface area contributed by atoms with Crippen molar-refractivity contribution in [2.75, 3.05) is 13.1 Å². The van der Waals surface area contributed by atoms with Gasteiger partial charge in [-0.1, -0.05) is 0 Å². The topological polar surface area (TPSA) is 46.7 Å². The van der Waals surface area contributed by atoms with Crippen LogP contribution in [-0.2, 0) is 11.3 Å². The molecule has 0 bridgehead atoms. The fourth-order valence-corrected chi connectivity index (χ4v) is 3.84. The lowest BCUT2D eigenvalue weighted by molar-refractivity contribution is -0.132. The molecule has 0 unspecified atom stereocenters. The van der Waals surface area contributed by atoms with Crippen molar-refractivity contribution in [3.8, 4) is 0 Å². The maximum Gasteiger partial charge on any atom is 0.275 e. The van der Waals surface area contributed by atoms with Gasteiger partial charge in [-0.15, -0.1) is 0 Å². The number of hydrogen-bond donors (Lipinski definition) is 0. The van der Waals surface area contributed by atoms with E-state index in [1.807, 2.05) is 11.0 Å². The molecule has 136 valence electrons. The van der Waals surface area contributed by atoms with Crippen molar-refractivity contribution in [3.05, 3.63) is 52.7 Å². The summed E-state index contributed by atoms with van der Waals surface area (Å²) in [7, 11) is 0. The minimum absolute atomic E-state index is 0.150. The summed E-state index contributed by atoms with van der Waals surface area (Å²) in [6.07, 6.45) is 6.11. The maximum atomic E-state index is 13.8. The first-order chi connectivity index (χ1) is 12.6. The molecule has 6 heteroatoms. The van der Waals surface area contributed by atoms with Gasteiger partial charge in [-0.05, 0) is 56.0 Å². The third-order valence-electron chi connectivity index (χ3n) is 5.18. The van der Waals surface area contributed by atoms with E-state index in [1.54, 1.807) is 27.3 Å². The zero-order chi connectivity index (χ0) is 18.1. The number of rotatable bonds is 4. The first-order valence-corrected chi connectivity index (χ1v) is 9.22. The molecule has 1 amide bonds. The highest BCUT2D eigenvalue weighted by atomic mass is 19.1. The van der Waals surface area contributed by atoms with Crippen molar-refractivity contribution < 1.29 is 9.18 Å². The van der Waals surface area contributed by atoms with E-state index < -0.39 is 0 Å². The second kappa shape index (κ2) is 6.94. The molecule has 1 aliphatic heterocycles. The highest BCUT2D eigenvalue weighted by Crippen LogP contribution is 2.18. The summed E-state index contributed by atoms with van der Waals surface area (Å²) < 4.78 is 17.2. The molecule has 0 N–H and O–H groups in total. The summed E-state index contributed by atoms with van der Waals surface area (Å²) in [4.78, 5) is 27.1. The van der Waals surface area contributed by atoms with Crippen LogP contribution in [0.2, 0.25) is 0 Å². The van der Waals surface area contributed by atoms with Crippen LogP contribution in [0.1, 0.15) is 32.1 Å². The number of benzene rings is 1. The molecule has 0 spiro atoms. The number of amides is 1. The Labute approximate surface area is 150 Å². The quantitative estimate of drug-likeness (QED) is 0.722. The van der Waals surface area contributed by atoms with Gasteiger partial charge in [-0.3, -0.25) is 9.59 Å². The number of likely N-dealkylation sites (tertiary alicyclic amines) is 1. The van der Waals surface area contributed by atoms with E-state index in [9.17, 15) is 14.0 Å². The Morgan fingerprint density at radius 2 is 1.85 bits per heavy atom. The number of piperidine rings is 1. The van der Waals surface area contributed by atoms with Crippen LogP contribution in [0.25, 0.3) is 16.6 Å². The molecule has 26 heavy (non-hydrogen) atoms. The third kappa shape index (κ3) is 3.00. The van der Waals surface area contributed by atoms with Crippen molar-refractivity contribution in [3.63, 3.8) is 0 Å². The number of carbonyl (C=O) groups is 1. The van der Waals surface area contributed by atoms with E-state index in [2.05, 4.69) is 0 Å². The van der Waals surface area contributed by atoms with E-state index in [1.165, 1.54) is 18.6 Å². The lowest BCUT2D eigenvalue weighted by Gasteiger charge is -2.26. The van der Waals surface area contributed by atoms with Crippen LogP contribution >= 0.6 is 0 Å². The number of carbonyl (C=O) groups excluding carboxylic acids is 1. The first kappa shape index (κ1) is 16.8. The fourth-order valence-electron chi connectivity index (χ4n) is 3.84. The normalized spacial score (nSPS) is 15.0. The van der Waals surface area contributed by atoms with Gasteiger partial charge in [0.05, 0.1) is 11.0 Å². The van der Waals surface area contributed by atoms with Gasteiger partial charge in [-0.2, -0.15) is 0 Å². The summed E-state index contributed by atoms with van der Waals surface area (Å²) in [5.41, 5.74) is 1.75. The lowest BCUT2D eigenvalue weighted by atomic mass is 10.1. The zero-order valence-corrected chi connectivity index (χ0v) is 14.7. The van der Waals surface area contributed by atoms with Gasteiger partial charge in [0, 0.05) is 32.3 Å². The Morgan fingerprint density at radius 3 is 2.65 bits per heavy atom. The standard InChI is InChI=1S/C20H22FN3O2/c21-15-8-9-16-18(14-15)24(20(26)17-6-4-12-23(16)17)13-5-7-19(25)22-10-2-1-3-11-22/h4,6,8-9,12,14H,1-3,5,7,10-11,13H2. The van der Waals surface area contributed by atoms with E-state index in [4.69, 9.17) is 0 Å². The van der Waals surface area contributed by atoms with Gasteiger partial charge >= 0.3 is 0 Å². The highest BCUT2D eigenvalue weighted by molar-refractivity contribution is 5.79. The van der Waals surface area contributed by atoms with Crippen LogP contribution in [0.5, 0.6) is 0 Å². The number of hydrogen-bond acceptors (Lipinski definition) is 2. The molecule has 5 nitrogen and oxygen atoms in total. The van der Waals surface area contributed by atoms with Crippen LogP contribution in [0, 0.1) is 5.82 Å². The summed E-state index contributed by atoms with van der Waals surface area (Å²) in [6, 6.07) is 8.05.